The minimum Gasteiger partial charge on any atom is -0.466 e. The number of nitrogens with one attached hydrogen (secondary N) is 1. The Morgan fingerprint density at radius 1 is 1.57 bits per heavy atom. The second kappa shape index (κ2) is 6.06. The van der Waals surface area contributed by atoms with E-state index in [0.717, 1.165) is 30.9 Å². The molecule has 4 heteroatoms. The maximum atomic E-state index is 10.9. The number of amides is 1. The van der Waals surface area contributed by atoms with E-state index >= 15 is 0 Å². The van der Waals surface area contributed by atoms with Gasteiger partial charge in [0.15, 0.2) is 0 Å². The molecule has 0 unspecified atom stereocenters. The van der Waals surface area contributed by atoms with Crippen molar-refractivity contribution < 1.29 is 9.21 Å². The molecule has 1 aromatic rings. The Labute approximate surface area is 97.4 Å². The Bertz CT molecular complexity index is 296. The number of carbonyl (C=O) groups excluding carboxylic acids is 1. The molecule has 0 spiro atoms. The summed E-state index contributed by atoms with van der Waals surface area (Å²) in [6, 6.07) is 3.94. The molecular weight excluding hydrogens is 293 g/mol. The Hall–Kier alpha value is -0.520. The predicted molar refractivity (Wildman–Crippen MR) is 63.7 cm³/mol. The molecule has 1 aromatic heterocycles. The average molecular weight is 307 g/mol. The van der Waals surface area contributed by atoms with E-state index in [4.69, 9.17) is 4.42 Å². The third-order valence-corrected chi connectivity index (χ3v) is 2.53. The van der Waals surface area contributed by atoms with Crippen molar-refractivity contribution in [1.29, 1.82) is 0 Å². The molecule has 3 nitrogen and oxygen atoms in total. The van der Waals surface area contributed by atoms with Crippen molar-refractivity contribution in [2.24, 2.45) is 0 Å². The van der Waals surface area contributed by atoms with Crippen molar-refractivity contribution in [3.8, 4) is 0 Å². The quantitative estimate of drug-likeness (QED) is 0.514. The number of rotatable bonds is 5. The van der Waals surface area contributed by atoms with Crippen LogP contribution in [0.4, 0.5) is 0 Å². The van der Waals surface area contributed by atoms with Gasteiger partial charge in [0, 0.05) is 13.0 Å². The fraction of sp³-hybridized carbons (Fsp3) is 0.500. The summed E-state index contributed by atoms with van der Waals surface area (Å²) in [4.78, 5) is 10.9. The highest BCUT2D eigenvalue weighted by molar-refractivity contribution is 14.1. The van der Waals surface area contributed by atoms with Crippen LogP contribution in [-0.2, 0) is 11.2 Å². The van der Waals surface area contributed by atoms with Crippen molar-refractivity contribution in [2.75, 3.05) is 11.0 Å². The van der Waals surface area contributed by atoms with Gasteiger partial charge in [-0.2, -0.15) is 0 Å². The van der Waals surface area contributed by atoms with Crippen LogP contribution in [0.3, 0.4) is 0 Å². The Balaban J connectivity index is 2.13. The van der Waals surface area contributed by atoms with Gasteiger partial charge in [0.2, 0.25) is 5.91 Å². The zero-order valence-corrected chi connectivity index (χ0v) is 10.3. The Morgan fingerprint density at radius 3 is 2.93 bits per heavy atom. The highest BCUT2D eigenvalue weighted by atomic mass is 127. The number of halogens is 1. The fourth-order valence-electron chi connectivity index (χ4n) is 1.16. The number of aryl methyl sites for hydroxylation is 2. The number of hydrogen-bond donors (Lipinski definition) is 1. The van der Waals surface area contributed by atoms with Crippen LogP contribution in [0.2, 0.25) is 0 Å². The molecule has 1 heterocycles. The van der Waals surface area contributed by atoms with E-state index in [1.54, 1.807) is 0 Å². The van der Waals surface area contributed by atoms with E-state index in [9.17, 15) is 4.79 Å². The lowest BCUT2D eigenvalue weighted by Gasteiger charge is -2.00. The molecule has 0 aromatic carbocycles. The van der Waals surface area contributed by atoms with Gasteiger partial charge in [-0.3, -0.25) is 4.79 Å². The Kier molecular flexibility index (Phi) is 5.00. The lowest BCUT2D eigenvalue weighted by atomic mass is 10.2. The third kappa shape index (κ3) is 4.13. The summed E-state index contributed by atoms with van der Waals surface area (Å²) in [7, 11) is 0. The topological polar surface area (TPSA) is 42.2 Å². The summed E-state index contributed by atoms with van der Waals surface area (Å²) >= 11 is 2.05. The average Bonchev–Trinajstić information content (AvgIpc) is 2.58. The molecule has 0 atom stereocenters. The second-order valence-electron chi connectivity index (χ2n) is 3.10. The lowest BCUT2D eigenvalue weighted by molar-refractivity contribution is -0.118. The summed E-state index contributed by atoms with van der Waals surface area (Å²) in [6.07, 6.45) is 1.81. The number of furan rings is 1. The zero-order valence-electron chi connectivity index (χ0n) is 8.18. The fourth-order valence-corrected chi connectivity index (χ4v) is 1.43. The lowest BCUT2D eigenvalue weighted by Crippen LogP contribution is -2.25. The first kappa shape index (κ1) is 11.6. The van der Waals surface area contributed by atoms with E-state index in [-0.39, 0.29) is 5.91 Å². The van der Waals surface area contributed by atoms with E-state index in [2.05, 4.69) is 5.32 Å². The van der Waals surface area contributed by atoms with Crippen LogP contribution < -0.4 is 5.32 Å². The van der Waals surface area contributed by atoms with Gasteiger partial charge in [-0.05, 0) is 25.5 Å². The van der Waals surface area contributed by atoms with Gasteiger partial charge in [-0.1, -0.05) is 22.6 Å². The first-order valence-electron chi connectivity index (χ1n) is 4.60. The molecule has 0 aliphatic carbocycles. The number of alkyl halides is 1. The van der Waals surface area contributed by atoms with Crippen LogP contribution in [0.5, 0.6) is 0 Å². The van der Waals surface area contributed by atoms with E-state index in [1.165, 1.54) is 0 Å². The smallest absolute Gasteiger partial charge is 0.229 e. The molecule has 0 saturated heterocycles. The minimum absolute atomic E-state index is 0.0984. The van der Waals surface area contributed by atoms with Crippen molar-refractivity contribution in [2.45, 2.75) is 19.8 Å². The van der Waals surface area contributed by atoms with Crippen LogP contribution >= 0.6 is 22.6 Å². The van der Waals surface area contributed by atoms with Crippen LogP contribution in [0, 0.1) is 6.92 Å². The molecule has 1 N–H and O–H groups in total. The maximum Gasteiger partial charge on any atom is 0.229 e. The highest BCUT2D eigenvalue weighted by Crippen LogP contribution is 2.07. The SMILES string of the molecule is Cc1ccc(CCCNC(=O)CI)o1. The van der Waals surface area contributed by atoms with E-state index in [1.807, 2.05) is 41.6 Å². The summed E-state index contributed by atoms with van der Waals surface area (Å²) in [6.45, 7) is 2.66. The van der Waals surface area contributed by atoms with Crippen LogP contribution in [-0.4, -0.2) is 16.9 Å². The van der Waals surface area contributed by atoms with Crippen molar-refractivity contribution in [3.05, 3.63) is 23.7 Å². The largest absolute Gasteiger partial charge is 0.466 e. The molecular formula is C10H14INO2. The molecule has 0 aliphatic rings. The normalized spacial score (nSPS) is 10.1. The maximum absolute atomic E-state index is 10.9. The van der Waals surface area contributed by atoms with Crippen molar-refractivity contribution >= 4 is 28.5 Å². The van der Waals surface area contributed by atoms with Gasteiger partial charge in [-0.15, -0.1) is 0 Å². The predicted octanol–water partition coefficient (Wildman–Crippen LogP) is 2.07. The molecule has 0 fully saturated rings. The van der Waals surface area contributed by atoms with Crippen molar-refractivity contribution in [1.82, 2.24) is 5.32 Å². The third-order valence-electron chi connectivity index (χ3n) is 1.84. The number of carbonyl (C=O) groups is 1. The van der Waals surface area contributed by atoms with Gasteiger partial charge in [0.05, 0.1) is 4.43 Å². The molecule has 0 aliphatic heterocycles. The summed E-state index contributed by atoms with van der Waals surface area (Å²) in [5.74, 6) is 2.03. The molecule has 1 rings (SSSR count). The summed E-state index contributed by atoms with van der Waals surface area (Å²) < 4.78 is 5.93. The van der Waals surface area contributed by atoms with Gasteiger partial charge in [0.25, 0.3) is 0 Å². The van der Waals surface area contributed by atoms with E-state index in [0.29, 0.717) is 4.43 Å². The highest BCUT2D eigenvalue weighted by Gasteiger charge is 1.99. The molecule has 0 bridgehead atoms. The first-order chi connectivity index (χ1) is 6.72. The zero-order chi connectivity index (χ0) is 10.4. The van der Waals surface area contributed by atoms with Crippen LogP contribution in [0.15, 0.2) is 16.5 Å². The number of hydrogen-bond acceptors (Lipinski definition) is 2. The van der Waals surface area contributed by atoms with Crippen LogP contribution in [0.1, 0.15) is 17.9 Å². The standard InChI is InChI=1S/C10H14INO2/c1-8-4-5-9(14-8)3-2-6-12-10(13)7-11/h4-5H,2-3,6-7H2,1H3,(H,12,13). The van der Waals surface area contributed by atoms with Gasteiger partial charge in [0.1, 0.15) is 11.5 Å². The molecule has 0 saturated carbocycles. The van der Waals surface area contributed by atoms with Gasteiger partial charge < -0.3 is 9.73 Å². The first-order valence-corrected chi connectivity index (χ1v) is 6.13. The molecule has 78 valence electrons. The molecule has 0 radical (unpaired) electrons. The second-order valence-corrected chi connectivity index (χ2v) is 3.86. The minimum atomic E-state index is 0.0984. The molecule has 1 amide bonds. The van der Waals surface area contributed by atoms with Gasteiger partial charge in [-0.25, -0.2) is 0 Å². The Morgan fingerprint density at radius 2 is 2.36 bits per heavy atom. The summed E-state index contributed by atoms with van der Waals surface area (Å²) in [5.41, 5.74) is 0. The van der Waals surface area contributed by atoms with E-state index < -0.39 is 0 Å². The van der Waals surface area contributed by atoms with Crippen molar-refractivity contribution in [3.63, 3.8) is 0 Å². The van der Waals surface area contributed by atoms with Crippen LogP contribution in [0.25, 0.3) is 0 Å². The summed E-state index contributed by atoms with van der Waals surface area (Å²) in [5, 5.41) is 2.82. The van der Waals surface area contributed by atoms with Gasteiger partial charge >= 0.3 is 0 Å². The molecule has 14 heavy (non-hydrogen) atoms. The monoisotopic (exact) mass is 307 g/mol.